The summed E-state index contributed by atoms with van der Waals surface area (Å²) in [5.74, 6) is 0. The van der Waals surface area contributed by atoms with E-state index in [-0.39, 0.29) is 0 Å². The molecule has 4 nitrogen and oxygen atoms in total. The first-order valence-electron chi connectivity index (χ1n) is 6.16. The zero-order valence-electron chi connectivity index (χ0n) is 10.4. The van der Waals surface area contributed by atoms with Crippen molar-refractivity contribution in [2.75, 3.05) is 13.2 Å². The summed E-state index contributed by atoms with van der Waals surface area (Å²) >= 11 is 0. The third kappa shape index (κ3) is 3.65. The zero-order chi connectivity index (χ0) is 12.9. The summed E-state index contributed by atoms with van der Waals surface area (Å²) in [6.07, 6.45) is 16.7. The van der Waals surface area contributed by atoms with Gasteiger partial charge in [0.05, 0.1) is 13.2 Å². The van der Waals surface area contributed by atoms with Gasteiger partial charge in [-0.1, -0.05) is 36.5 Å². The van der Waals surface area contributed by atoms with Crippen LogP contribution in [0.4, 0.5) is 0 Å². The van der Waals surface area contributed by atoms with Crippen LogP contribution in [0.5, 0.6) is 0 Å². The van der Waals surface area contributed by atoms with E-state index in [2.05, 4.69) is 0 Å². The van der Waals surface area contributed by atoms with Crippen LogP contribution in [0.25, 0.3) is 0 Å². The van der Waals surface area contributed by atoms with Gasteiger partial charge in [-0.2, -0.15) is 0 Å². The minimum absolute atomic E-state index is 0.422. The summed E-state index contributed by atoms with van der Waals surface area (Å²) in [6, 6.07) is 0. The topological polar surface area (TPSA) is 70.5 Å². The minimum Gasteiger partial charge on any atom is -0.354 e. The molecule has 2 unspecified atom stereocenters. The molecule has 4 heteroatoms. The molecule has 0 aliphatic heterocycles. The summed E-state index contributed by atoms with van der Waals surface area (Å²) < 4.78 is 11.2. The number of nitrogens with two attached hydrogens (primary N) is 2. The molecule has 0 aromatic rings. The highest BCUT2D eigenvalue weighted by atomic mass is 16.6. The molecule has 0 aromatic heterocycles. The maximum absolute atomic E-state index is 6.04. The van der Waals surface area contributed by atoms with Crippen molar-refractivity contribution in [1.82, 2.24) is 0 Å². The fourth-order valence-corrected chi connectivity index (χ4v) is 1.91. The predicted octanol–water partition coefficient (Wildman–Crippen LogP) is 1.36. The normalized spacial score (nSPS) is 34.1. The number of ether oxygens (including phenoxy) is 2. The Morgan fingerprint density at radius 3 is 1.56 bits per heavy atom. The average molecular weight is 248 g/mol. The van der Waals surface area contributed by atoms with Gasteiger partial charge in [-0.3, -0.25) is 11.5 Å². The Morgan fingerprint density at radius 1 is 0.778 bits per heavy atom. The fourth-order valence-electron chi connectivity index (χ4n) is 1.91. The monoisotopic (exact) mass is 248 g/mol. The van der Waals surface area contributed by atoms with Crippen LogP contribution in [0.2, 0.25) is 0 Å². The molecule has 2 aliphatic rings. The molecule has 2 rings (SSSR count). The molecular weight excluding hydrogens is 228 g/mol. The molecule has 0 saturated heterocycles. The van der Waals surface area contributed by atoms with Crippen LogP contribution >= 0.6 is 0 Å². The van der Waals surface area contributed by atoms with Gasteiger partial charge in [0.1, 0.15) is 11.4 Å². The van der Waals surface area contributed by atoms with E-state index in [1.54, 1.807) is 0 Å². The molecular formula is C14H20N2O2. The van der Waals surface area contributed by atoms with Crippen molar-refractivity contribution in [3.63, 3.8) is 0 Å². The Hall–Kier alpha value is -1.20. The first-order chi connectivity index (χ1) is 8.62. The number of rotatable bonds is 5. The van der Waals surface area contributed by atoms with Crippen molar-refractivity contribution in [3.05, 3.63) is 48.6 Å². The van der Waals surface area contributed by atoms with Gasteiger partial charge in [-0.25, -0.2) is 0 Å². The van der Waals surface area contributed by atoms with Crippen LogP contribution in [0.15, 0.2) is 48.6 Å². The molecule has 0 aromatic carbocycles. The van der Waals surface area contributed by atoms with Gasteiger partial charge in [0.15, 0.2) is 0 Å². The summed E-state index contributed by atoms with van der Waals surface area (Å²) in [5.41, 5.74) is 10.7. The number of allylic oxidation sites excluding steroid dienone is 4. The average Bonchev–Trinajstić information content (AvgIpc) is 2.37. The van der Waals surface area contributed by atoms with Crippen LogP contribution in [0, 0.1) is 0 Å². The highest BCUT2D eigenvalue weighted by molar-refractivity contribution is 5.17. The standard InChI is InChI=1S/C14H20N2O2/c15-13(7-3-1-4-8-13)17-11-12-18-14(16)9-5-2-6-10-14/h1-7,9H,8,10-12,15-16H2. The lowest BCUT2D eigenvalue weighted by Gasteiger charge is -2.29. The van der Waals surface area contributed by atoms with Gasteiger partial charge in [-0.15, -0.1) is 0 Å². The number of hydrogen-bond donors (Lipinski definition) is 2. The molecule has 98 valence electrons. The van der Waals surface area contributed by atoms with Gasteiger partial charge < -0.3 is 9.47 Å². The first kappa shape index (κ1) is 13.2. The predicted molar refractivity (Wildman–Crippen MR) is 71.5 cm³/mol. The Morgan fingerprint density at radius 2 is 1.22 bits per heavy atom. The molecule has 2 atom stereocenters. The van der Waals surface area contributed by atoms with Crippen LogP contribution in [-0.4, -0.2) is 24.7 Å². The Kier molecular flexibility index (Phi) is 4.14. The summed E-state index contributed by atoms with van der Waals surface area (Å²) in [4.78, 5) is 0. The van der Waals surface area contributed by atoms with E-state index < -0.39 is 11.4 Å². The SMILES string of the molecule is NC1(OCCOC2(N)C=CC=CC2)C=CC=CC1. The largest absolute Gasteiger partial charge is 0.354 e. The second-order valence-corrected chi connectivity index (χ2v) is 4.59. The van der Waals surface area contributed by atoms with Crippen LogP contribution in [0.1, 0.15) is 12.8 Å². The third-order valence-corrected chi connectivity index (χ3v) is 2.95. The van der Waals surface area contributed by atoms with Gasteiger partial charge >= 0.3 is 0 Å². The third-order valence-electron chi connectivity index (χ3n) is 2.95. The Balaban J connectivity index is 1.70. The van der Waals surface area contributed by atoms with Crippen molar-refractivity contribution < 1.29 is 9.47 Å². The van der Waals surface area contributed by atoms with E-state index >= 15 is 0 Å². The quantitative estimate of drug-likeness (QED) is 0.569. The Labute approximate surface area is 108 Å². The van der Waals surface area contributed by atoms with E-state index in [0.29, 0.717) is 26.1 Å². The molecule has 2 aliphatic carbocycles. The van der Waals surface area contributed by atoms with Crippen LogP contribution in [0.3, 0.4) is 0 Å². The second-order valence-electron chi connectivity index (χ2n) is 4.59. The smallest absolute Gasteiger partial charge is 0.139 e. The van der Waals surface area contributed by atoms with Crippen molar-refractivity contribution in [1.29, 1.82) is 0 Å². The molecule has 18 heavy (non-hydrogen) atoms. The van der Waals surface area contributed by atoms with Gasteiger partial charge in [0.2, 0.25) is 0 Å². The van der Waals surface area contributed by atoms with Crippen molar-refractivity contribution >= 4 is 0 Å². The van der Waals surface area contributed by atoms with Gasteiger partial charge in [-0.05, 0) is 12.2 Å². The van der Waals surface area contributed by atoms with E-state index in [4.69, 9.17) is 20.9 Å². The van der Waals surface area contributed by atoms with Crippen LogP contribution < -0.4 is 11.5 Å². The van der Waals surface area contributed by atoms with Crippen LogP contribution in [-0.2, 0) is 9.47 Å². The fraction of sp³-hybridized carbons (Fsp3) is 0.429. The summed E-state index contributed by atoms with van der Waals surface area (Å²) in [7, 11) is 0. The molecule has 0 amide bonds. The lowest BCUT2D eigenvalue weighted by atomic mass is 10.1. The molecule has 0 radical (unpaired) electrons. The number of hydrogen-bond acceptors (Lipinski definition) is 4. The maximum Gasteiger partial charge on any atom is 0.139 e. The maximum atomic E-state index is 6.04. The highest BCUT2D eigenvalue weighted by Crippen LogP contribution is 2.18. The van der Waals surface area contributed by atoms with E-state index in [1.807, 2.05) is 48.6 Å². The molecule has 4 N–H and O–H groups in total. The summed E-state index contributed by atoms with van der Waals surface area (Å²) in [5, 5.41) is 0. The van der Waals surface area contributed by atoms with Crippen molar-refractivity contribution in [2.45, 2.75) is 24.3 Å². The van der Waals surface area contributed by atoms with E-state index in [9.17, 15) is 0 Å². The summed E-state index contributed by atoms with van der Waals surface area (Å²) in [6.45, 7) is 0.844. The minimum atomic E-state index is -0.706. The zero-order valence-corrected chi connectivity index (χ0v) is 10.4. The Bertz CT molecular complexity index is 363. The lowest BCUT2D eigenvalue weighted by molar-refractivity contribution is -0.0710. The van der Waals surface area contributed by atoms with Gasteiger partial charge in [0.25, 0.3) is 0 Å². The van der Waals surface area contributed by atoms with Crippen molar-refractivity contribution in [3.8, 4) is 0 Å². The molecule has 0 bridgehead atoms. The van der Waals surface area contributed by atoms with E-state index in [0.717, 1.165) is 0 Å². The highest BCUT2D eigenvalue weighted by Gasteiger charge is 2.24. The lowest BCUT2D eigenvalue weighted by Crippen LogP contribution is -2.44. The molecule has 0 fully saturated rings. The second kappa shape index (κ2) is 5.63. The van der Waals surface area contributed by atoms with Gasteiger partial charge in [0, 0.05) is 12.8 Å². The van der Waals surface area contributed by atoms with E-state index in [1.165, 1.54) is 0 Å². The molecule has 0 spiro atoms. The molecule has 0 saturated carbocycles. The molecule has 0 heterocycles. The first-order valence-corrected chi connectivity index (χ1v) is 6.16. The van der Waals surface area contributed by atoms with Crippen molar-refractivity contribution in [2.24, 2.45) is 11.5 Å².